The van der Waals surface area contributed by atoms with E-state index in [0.717, 1.165) is 70.5 Å². The molecule has 0 atom stereocenters. The van der Waals surface area contributed by atoms with Crippen molar-refractivity contribution in [2.75, 3.05) is 59.0 Å². The molecular weight excluding hydrogens is 386 g/mol. The normalized spacial score (nSPS) is 15.6. The minimum absolute atomic E-state index is 0.396. The Bertz CT molecular complexity index is 622. The van der Waals surface area contributed by atoms with Gasteiger partial charge in [0.2, 0.25) is 0 Å². The molecular formula is C21H37N5O4. The molecule has 0 saturated carbocycles. The van der Waals surface area contributed by atoms with Crippen molar-refractivity contribution in [2.24, 2.45) is 4.99 Å². The lowest BCUT2D eigenvalue weighted by Gasteiger charge is -2.26. The Balaban J connectivity index is 1.70. The predicted octanol–water partition coefficient (Wildman–Crippen LogP) is 1.60. The highest BCUT2D eigenvalue weighted by Crippen LogP contribution is 2.06. The summed E-state index contributed by atoms with van der Waals surface area (Å²) in [6.45, 7) is 12.7. The van der Waals surface area contributed by atoms with E-state index in [-0.39, 0.29) is 0 Å². The fourth-order valence-corrected chi connectivity index (χ4v) is 2.86. The van der Waals surface area contributed by atoms with Crippen LogP contribution >= 0.6 is 0 Å². The molecule has 0 bridgehead atoms. The molecule has 1 fully saturated rings. The molecule has 3 N–H and O–H groups in total. The van der Waals surface area contributed by atoms with Crippen LogP contribution in [0.4, 0.5) is 4.79 Å². The zero-order valence-corrected chi connectivity index (χ0v) is 18.5. The van der Waals surface area contributed by atoms with E-state index in [0.29, 0.717) is 13.1 Å². The summed E-state index contributed by atoms with van der Waals surface area (Å²) in [7, 11) is 0. The van der Waals surface area contributed by atoms with Crippen LogP contribution in [0.2, 0.25) is 0 Å². The Morgan fingerprint density at radius 3 is 2.63 bits per heavy atom. The second-order valence-electron chi connectivity index (χ2n) is 8.15. The van der Waals surface area contributed by atoms with Gasteiger partial charge >= 0.3 is 6.09 Å². The van der Waals surface area contributed by atoms with Gasteiger partial charge in [-0.15, -0.1) is 0 Å². The van der Waals surface area contributed by atoms with E-state index in [9.17, 15) is 4.79 Å². The standard InChI is InChI=1S/C21H37N5O4/c1-21(2,3)30-20(27)25-9-5-8-22-19(23-10-7-18-6-4-15-29-18)24-11-12-26-13-16-28-17-14-26/h4,6,15H,5,7-14,16-17H2,1-3H3,(H,25,27)(H2,22,23,24). The van der Waals surface area contributed by atoms with Crippen LogP contribution in [-0.4, -0.2) is 81.6 Å². The molecule has 9 nitrogen and oxygen atoms in total. The lowest BCUT2D eigenvalue weighted by Crippen LogP contribution is -2.45. The smallest absolute Gasteiger partial charge is 0.407 e. The van der Waals surface area contributed by atoms with Gasteiger partial charge in [0.25, 0.3) is 0 Å². The van der Waals surface area contributed by atoms with Crippen molar-refractivity contribution in [3.63, 3.8) is 0 Å². The minimum atomic E-state index is -0.488. The van der Waals surface area contributed by atoms with Crippen LogP contribution < -0.4 is 16.0 Å². The monoisotopic (exact) mass is 423 g/mol. The Labute approximate surface area is 179 Å². The first-order chi connectivity index (χ1) is 14.4. The number of nitrogens with one attached hydrogen (secondary N) is 3. The number of ether oxygens (including phenoxy) is 2. The Morgan fingerprint density at radius 2 is 1.93 bits per heavy atom. The molecule has 1 aliphatic rings. The van der Waals surface area contributed by atoms with E-state index in [4.69, 9.17) is 13.9 Å². The maximum absolute atomic E-state index is 11.7. The zero-order chi connectivity index (χ0) is 21.7. The summed E-state index contributed by atoms with van der Waals surface area (Å²) in [5, 5.41) is 9.50. The third-order valence-corrected chi connectivity index (χ3v) is 4.34. The van der Waals surface area contributed by atoms with Gasteiger partial charge in [0.1, 0.15) is 11.4 Å². The van der Waals surface area contributed by atoms with Gasteiger partial charge in [0, 0.05) is 52.2 Å². The highest BCUT2D eigenvalue weighted by Gasteiger charge is 2.15. The van der Waals surface area contributed by atoms with Crippen LogP contribution in [0.5, 0.6) is 0 Å². The largest absolute Gasteiger partial charge is 0.469 e. The van der Waals surface area contributed by atoms with Crippen molar-refractivity contribution < 1.29 is 18.7 Å². The molecule has 1 aliphatic heterocycles. The zero-order valence-electron chi connectivity index (χ0n) is 18.5. The van der Waals surface area contributed by atoms with Crippen molar-refractivity contribution in [1.82, 2.24) is 20.9 Å². The maximum atomic E-state index is 11.7. The average molecular weight is 424 g/mol. The summed E-state index contributed by atoms with van der Waals surface area (Å²) in [4.78, 5) is 18.7. The van der Waals surface area contributed by atoms with Crippen LogP contribution in [0.3, 0.4) is 0 Å². The third-order valence-electron chi connectivity index (χ3n) is 4.34. The van der Waals surface area contributed by atoms with E-state index in [1.165, 1.54) is 0 Å². The minimum Gasteiger partial charge on any atom is -0.469 e. The third kappa shape index (κ3) is 11.1. The molecule has 2 rings (SSSR count). The van der Waals surface area contributed by atoms with Gasteiger partial charge in [-0.1, -0.05) is 0 Å². The number of alkyl carbamates (subject to hydrolysis) is 1. The number of morpholine rings is 1. The highest BCUT2D eigenvalue weighted by atomic mass is 16.6. The maximum Gasteiger partial charge on any atom is 0.407 e. The summed E-state index contributed by atoms with van der Waals surface area (Å²) < 4.78 is 16.0. The molecule has 2 heterocycles. The molecule has 0 unspecified atom stereocenters. The summed E-state index contributed by atoms with van der Waals surface area (Å²) in [6.07, 6.45) is 2.81. The lowest BCUT2D eigenvalue weighted by atomic mass is 10.2. The van der Waals surface area contributed by atoms with Gasteiger partial charge in [-0.25, -0.2) is 4.79 Å². The number of furan rings is 1. The molecule has 1 saturated heterocycles. The fraction of sp³-hybridized carbons (Fsp3) is 0.714. The second kappa shape index (κ2) is 13.1. The topological polar surface area (TPSA) is 100 Å². The van der Waals surface area contributed by atoms with Crippen molar-refractivity contribution in [3.8, 4) is 0 Å². The van der Waals surface area contributed by atoms with Crippen LogP contribution in [0.1, 0.15) is 33.0 Å². The molecule has 30 heavy (non-hydrogen) atoms. The number of carbonyl (C=O) groups excluding carboxylic acids is 1. The Morgan fingerprint density at radius 1 is 1.17 bits per heavy atom. The summed E-state index contributed by atoms with van der Waals surface area (Å²) >= 11 is 0. The molecule has 0 aromatic carbocycles. The molecule has 1 aromatic heterocycles. The molecule has 0 spiro atoms. The van der Waals surface area contributed by atoms with Gasteiger partial charge in [0.05, 0.1) is 19.5 Å². The first-order valence-electron chi connectivity index (χ1n) is 10.7. The number of guanidine groups is 1. The van der Waals surface area contributed by atoms with Crippen LogP contribution in [0.15, 0.2) is 27.8 Å². The number of hydrogen-bond donors (Lipinski definition) is 3. The number of carbonyl (C=O) groups is 1. The molecule has 0 radical (unpaired) electrons. The van der Waals surface area contributed by atoms with Gasteiger partial charge in [-0.2, -0.15) is 0 Å². The van der Waals surface area contributed by atoms with E-state index in [1.54, 1.807) is 6.26 Å². The summed E-state index contributed by atoms with van der Waals surface area (Å²) in [5.41, 5.74) is -0.488. The fourth-order valence-electron chi connectivity index (χ4n) is 2.86. The molecule has 0 aliphatic carbocycles. The van der Waals surface area contributed by atoms with Crippen molar-refractivity contribution in [3.05, 3.63) is 24.2 Å². The van der Waals surface area contributed by atoms with Gasteiger partial charge in [-0.05, 0) is 39.3 Å². The van der Waals surface area contributed by atoms with E-state index < -0.39 is 11.7 Å². The quantitative estimate of drug-likeness (QED) is 0.299. The van der Waals surface area contributed by atoms with Crippen molar-refractivity contribution >= 4 is 12.1 Å². The number of nitrogens with zero attached hydrogens (tertiary/aromatic N) is 2. The molecule has 9 heteroatoms. The molecule has 1 amide bonds. The van der Waals surface area contributed by atoms with E-state index in [2.05, 4.69) is 25.8 Å². The molecule has 170 valence electrons. The molecule has 1 aromatic rings. The number of aliphatic imine (C=N–C) groups is 1. The highest BCUT2D eigenvalue weighted by molar-refractivity contribution is 5.79. The number of hydrogen-bond acceptors (Lipinski definition) is 6. The Kier molecular flexibility index (Phi) is 10.5. The van der Waals surface area contributed by atoms with Gasteiger partial charge < -0.3 is 29.8 Å². The first kappa shape index (κ1) is 24.0. The predicted molar refractivity (Wildman–Crippen MR) is 117 cm³/mol. The lowest BCUT2D eigenvalue weighted by molar-refractivity contribution is 0.0389. The first-order valence-corrected chi connectivity index (χ1v) is 10.7. The SMILES string of the molecule is CC(C)(C)OC(=O)NCCCN=C(NCCc1ccco1)NCCN1CCOCC1. The van der Waals surface area contributed by atoms with Crippen molar-refractivity contribution in [2.45, 2.75) is 39.2 Å². The van der Waals surface area contributed by atoms with Crippen LogP contribution in [0, 0.1) is 0 Å². The van der Waals surface area contributed by atoms with E-state index >= 15 is 0 Å². The Hall–Kier alpha value is -2.26. The van der Waals surface area contributed by atoms with Crippen LogP contribution in [-0.2, 0) is 15.9 Å². The van der Waals surface area contributed by atoms with Crippen molar-refractivity contribution in [1.29, 1.82) is 0 Å². The number of amides is 1. The summed E-state index contributed by atoms with van der Waals surface area (Å²) in [5.74, 6) is 1.71. The second-order valence-corrected chi connectivity index (χ2v) is 8.15. The number of rotatable bonds is 10. The van der Waals surface area contributed by atoms with E-state index in [1.807, 2.05) is 32.9 Å². The summed E-state index contributed by atoms with van der Waals surface area (Å²) in [6, 6.07) is 3.86. The van der Waals surface area contributed by atoms with Gasteiger partial charge in [-0.3, -0.25) is 9.89 Å². The van der Waals surface area contributed by atoms with Gasteiger partial charge in [0.15, 0.2) is 5.96 Å². The average Bonchev–Trinajstić information content (AvgIpc) is 3.20. The van der Waals surface area contributed by atoms with Crippen LogP contribution in [0.25, 0.3) is 0 Å².